The minimum absolute atomic E-state index is 0.0212. The number of carbonyl (C=O) groups is 1. The van der Waals surface area contributed by atoms with Crippen LogP contribution in [0.4, 0.5) is 8.78 Å². The van der Waals surface area contributed by atoms with Crippen molar-refractivity contribution in [1.29, 1.82) is 0 Å². The summed E-state index contributed by atoms with van der Waals surface area (Å²) in [5.74, 6) is -0.757. The van der Waals surface area contributed by atoms with E-state index in [9.17, 15) is 13.6 Å². The number of methoxy groups -OCH3 is 1. The van der Waals surface area contributed by atoms with Crippen LogP contribution < -0.4 is 14.8 Å². The van der Waals surface area contributed by atoms with E-state index in [1.165, 1.54) is 25.3 Å². The minimum Gasteiger partial charge on any atom is -0.493 e. The van der Waals surface area contributed by atoms with Gasteiger partial charge in [-0.15, -0.1) is 0 Å². The average Bonchev–Trinajstić information content (AvgIpc) is 2.60. The predicted molar refractivity (Wildman–Crippen MR) is 91.6 cm³/mol. The number of hydrogen-bond donors (Lipinski definition) is 1. The van der Waals surface area contributed by atoms with E-state index in [-0.39, 0.29) is 23.1 Å². The van der Waals surface area contributed by atoms with Gasteiger partial charge in [0.2, 0.25) is 0 Å². The van der Waals surface area contributed by atoms with Crippen LogP contribution in [0.1, 0.15) is 35.3 Å². The van der Waals surface area contributed by atoms with Crippen LogP contribution in [0.25, 0.3) is 0 Å². The Labute approximate surface area is 149 Å². The molecule has 1 atom stereocenters. The fourth-order valence-corrected chi connectivity index (χ4v) is 2.54. The first-order chi connectivity index (χ1) is 12.0. The third-order valence-corrected chi connectivity index (χ3v) is 3.89. The smallest absolute Gasteiger partial charge is 0.387 e. The second-order valence-electron chi connectivity index (χ2n) is 5.20. The fraction of sp³-hybridized carbons (Fsp3) is 0.278. The highest BCUT2D eigenvalue weighted by molar-refractivity contribution is 6.30. The lowest BCUT2D eigenvalue weighted by Crippen LogP contribution is -2.28. The van der Waals surface area contributed by atoms with Gasteiger partial charge in [-0.25, -0.2) is 0 Å². The Bertz CT molecular complexity index is 723. The van der Waals surface area contributed by atoms with Crippen molar-refractivity contribution in [3.05, 3.63) is 58.6 Å². The topological polar surface area (TPSA) is 47.6 Å². The molecule has 0 fully saturated rings. The number of alkyl halides is 2. The Hall–Kier alpha value is -2.34. The number of benzene rings is 2. The number of rotatable bonds is 7. The molecule has 0 aliphatic rings. The number of carbonyl (C=O) groups excluding carboxylic acids is 1. The average molecular weight is 370 g/mol. The molecule has 0 aliphatic carbocycles. The maximum absolute atomic E-state index is 12.7. The number of ether oxygens (including phenoxy) is 2. The maximum Gasteiger partial charge on any atom is 0.387 e. The Morgan fingerprint density at radius 1 is 1.20 bits per heavy atom. The molecule has 0 saturated carbocycles. The molecule has 0 bridgehead atoms. The molecule has 0 spiro atoms. The fourth-order valence-electron chi connectivity index (χ4n) is 2.42. The van der Waals surface area contributed by atoms with Gasteiger partial charge >= 0.3 is 6.61 Å². The van der Waals surface area contributed by atoms with E-state index in [4.69, 9.17) is 16.3 Å². The Morgan fingerprint density at radius 2 is 1.88 bits per heavy atom. The lowest BCUT2D eigenvalue weighted by molar-refractivity contribution is -0.0515. The van der Waals surface area contributed by atoms with Crippen LogP contribution in [0.15, 0.2) is 42.5 Å². The van der Waals surface area contributed by atoms with Gasteiger partial charge in [-0.3, -0.25) is 4.79 Å². The van der Waals surface area contributed by atoms with Crippen molar-refractivity contribution in [3.8, 4) is 11.5 Å². The van der Waals surface area contributed by atoms with Gasteiger partial charge in [0.1, 0.15) is 0 Å². The lowest BCUT2D eigenvalue weighted by Gasteiger charge is -2.19. The second kappa shape index (κ2) is 8.67. The van der Waals surface area contributed by atoms with Crippen LogP contribution in [-0.4, -0.2) is 19.6 Å². The number of nitrogens with one attached hydrogen (secondary N) is 1. The van der Waals surface area contributed by atoms with Gasteiger partial charge in [-0.05, 0) is 36.2 Å². The highest BCUT2D eigenvalue weighted by Gasteiger charge is 2.22. The van der Waals surface area contributed by atoms with E-state index in [1.807, 2.05) is 6.92 Å². The summed E-state index contributed by atoms with van der Waals surface area (Å²) in [5.41, 5.74) is 0.839. The molecule has 134 valence electrons. The Balaban J connectivity index is 2.28. The zero-order chi connectivity index (χ0) is 18.4. The van der Waals surface area contributed by atoms with E-state index in [2.05, 4.69) is 10.1 Å². The summed E-state index contributed by atoms with van der Waals surface area (Å²) < 4.78 is 34.9. The third kappa shape index (κ3) is 4.82. The molecule has 0 aromatic heterocycles. The zero-order valence-electron chi connectivity index (χ0n) is 13.8. The highest BCUT2D eigenvalue weighted by atomic mass is 35.5. The van der Waals surface area contributed by atoms with Gasteiger partial charge in [-0.1, -0.05) is 36.7 Å². The third-order valence-electron chi connectivity index (χ3n) is 3.64. The SMILES string of the molecule is CCC(NC(=O)c1cccc(OC)c1OC(F)F)c1ccc(Cl)cc1. The molecular weight excluding hydrogens is 352 g/mol. The molecule has 2 rings (SSSR count). The number of halogens is 3. The molecule has 0 saturated heterocycles. The molecule has 4 nitrogen and oxygen atoms in total. The van der Waals surface area contributed by atoms with Gasteiger partial charge in [0.25, 0.3) is 5.91 Å². The van der Waals surface area contributed by atoms with Crippen LogP contribution in [0, 0.1) is 0 Å². The molecule has 1 unspecified atom stereocenters. The Kier molecular flexibility index (Phi) is 6.58. The van der Waals surface area contributed by atoms with Crippen molar-refractivity contribution in [1.82, 2.24) is 5.32 Å². The summed E-state index contributed by atoms with van der Waals surface area (Å²) in [6.07, 6.45) is 0.613. The van der Waals surface area contributed by atoms with Crippen LogP contribution in [0.2, 0.25) is 5.02 Å². The largest absolute Gasteiger partial charge is 0.493 e. The van der Waals surface area contributed by atoms with Crippen LogP contribution >= 0.6 is 11.6 Å². The summed E-state index contributed by atoms with van der Waals surface area (Å²) in [6, 6.07) is 11.2. The number of hydrogen-bond acceptors (Lipinski definition) is 3. The van der Waals surface area contributed by atoms with Gasteiger partial charge < -0.3 is 14.8 Å². The first-order valence-corrected chi connectivity index (χ1v) is 8.02. The van der Waals surface area contributed by atoms with Crippen molar-refractivity contribution >= 4 is 17.5 Å². The van der Waals surface area contributed by atoms with Gasteiger partial charge in [0.05, 0.1) is 18.7 Å². The molecule has 2 aromatic carbocycles. The summed E-state index contributed by atoms with van der Waals surface area (Å²) >= 11 is 5.87. The normalized spacial score (nSPS) is 11.9. The standard InChI is InChI=1S/C18H18ClF2NO3/c1-3-14(11-7-9-12(19)10-8-11)22-17(23)13-5-4-6-15(24-2)16(13)25-18(20)21/h4-10,14,18H,3H2,1-2H3,(H,22,23). The minimum atomic E-state index is -3.07. The molecule has 25 heavy (non-hydrogen) atoms. The predicted octanol–water partition coefficient (Wildman–Crippen LogP) is 4.83. The summed E-state index contributed by atoms with van der Waals surface area (Å²) in [7, 11) is 1.32. The van der Waals surface area contributed by atoms with Crippen molar-refractivity contribution in [2.75, 3.05) is 7.11 Å². The summed E-state index contributed by atoms with van der Waals surface area (Å²) in [4.78, 5) is 12.6. The van der Waals surface area contributed by atoms with Crippen molar-refractivity contribution < 1.29 is 23.0 Å². The van der Waals surface area contributed by atoms with Crippen LogP contribution in [-0.2, 0) is 0 Å². The second-order valence-corrected chi connectivity index (χ2v) is 5.64. The zero-order valence-corrected chi connectivity index (χ0v) is 14.5. The van der Waals surface area contributed by atoms with Crippen LogP contribution in [0.5, 0.6) is 11.5 Å². The monoisotopic (exact) mass is 369 g/mol. The molecule has 0 aliphatic heterocycles. The maximum atomic E-state index is 12.7. The van der Waals surface area contributed by atoms with Crippen LogP contribution in [0.3, 0.4) is 0 Å². The molecular formula is C18H18ClF2NO3. The highest BCUT2D eigenvalue weighted by Crippen LogP contribution is 2.33. The molecule has 1 N–H and O–H groups in total. The van der Waals surface area contributed by atoms with E-state index in [1.54, 1.807) is 24.3 Å². The van der Waals surface area contributed by atoms with E-state index < -0.39 is 12.5 Å². The number of amides is 1. The van der Waals surface area contributed by atoms with Gasteiger partial charge in [0.15, 0.2) is 11.5 Å². The molecule has 7 heteroatoms. The van der Waals surface area contributed by atoms with Crippen molar-refractivity contribution in [2.24, 2.45) is 0 Å². The summed E-state index contributed by atoms with van der Waals surface area (Å²) in [5, 5.41) is 3.41. The van der Waals surface area contributed by atoms with Crippen molar-refractivity contribution in [2.45, 2.75) is 26.0 Å². The lowest BCUT2D eigenvalue weighted by atomic mass is 10.0. The molecule has 0 heterocycles. The van der Waals surface area contributed by atoms with Gasteiger partial charge in [-0.2, -0.15) is 8.78 Å². The van der Waals surface area contributed by atoms with Crippen molar-refractivity contribution in [3.63, 3.8) is 0 Å². The summed E-state index contributed by atoms with van der Waals surface area (Å²) in [6.45, 7) is -1.16. The first-order valence-electron chi connectivity index (χ1n) is 7.64. The molecule has 2 aromatic rings. The quantitative estimate of drug-likeness (QED) is 0.760. The Morgan fingerprint density at radius 3 is 2.44 bits per heavy atom. The molecule has 0 radical (unpaired) electrons. The van der Waals surface area contributed by atoms with Gasteiger partial charge in [0, 0.05) is 5.02 Å². The first kappa shape index (κ1) is 19.0. The van der Waals surface area contributed by atoms with E-state index in [0.29, 0.717) is 11.4 Å². The van der Waals surface area contributed by atoms with E-state index >= 15 is 0 Å². The van der Waals surface area contributed by atoms with E-state index in [0.717, 1.165) is 5.56 Å². The molecule has 1 amide bonds. The number of para-hydroxylation sites is 1.